The van der Waals surface area contributed by atoms with Crippen LogP contribution in [0.4, 0.5) is 0 Å². The van der Waals surface area contributed by atoms with Crippen LogP contribution in [0, 0.1) is 11.5 Å². The summed E-state index contributed by atoms with van der Waals surface area (Å²) in [6.45, 7) is 0. The van der Waals surface area contributed by atoms with E-state index in [1.165, 1.54) is 0 Å². The molecule has 0 unspecified atom stereocenters. The van der Waals surface area contributed by atoms with Gasteiger partial charge >= 0.3 is 0 Å². The standard InChI is InChI=1S/C7H6ClN2/c8-6-4-2-1-3-5(6)7(9)10/h2-4H,(H3,9,10). The van der Waals surface area contributed by atoms with Crippen LogP contribution in [0.1, 0.15) is 5.56 Å². The van der Waals surface area contributed by atoms with Crippen molar-refractivity contribution in [3.63, 3.8) is 0 Å². The van der Waals surface area contributed by atoms with E-state index in [0.717, 1.165) is 0 Å². The molecule has 1 rings (SSSR count). The Labute approximate surface area is 64.1 Å². The first-order chi connectivity index (χ1) is 4.72. The summed E-state index contributed by atoms with van der Waals surface area (Å²) in [5, 5.41) is 7.54. The molecule has 0 saturated heterocycles. The predicted octanol–water partition coefficient (Wildman–Crippen LogP) is 1.42. The molecular weight excluding hydrogens is 148 g/mol. The van der Waals surface area contributed by atoms with Crippen LogP contribution < -0.4 is 5.73 Å². The summed E-state index contributed by atoms with van der Waals surface area (Å²) in [5.41, 5.74) is 5.73. The van der Waals surface area contributed by atoms with E-state index in [4.69, 9.17) is 22.7 Å². The maximum absolute atomic E-state index is 7.05. The Balaban J connectivity index is 3.15. The van der Waals surface area contributed by atoms with Gasteiger partial charge in [0.25, 0.3) is 0 Å². The van der Waals surface area contributed by atoms with Gasteiger partial charge in [0.05, 0.1) is 5.02 Å². The van der Waals surface area contributed by atoms with Crippen molar-refractivity contribution in [2.24, 2.45) is 5.73 Å². The number of hydrogen-bond donors (Lipinski definition) is 2. The molecule has 0 amide bonds. The van der Waals surface area contributed by atoms with Gasteiger partial charge in [-0.1, -0.05) is 17.7 Å². The molecule has 1 aromatic rings. The van der Waals surface area contributed by atoms with Crippen LogP contribution in [0.2, 0.25) is 5.02 Å². The summed E-state index contributed by atoms with van der Waals surface area (Å²) in [7, 11) is 0. The average molecular weight is 154 g/mol. The average Bonchev–Trinajstić information content (AvgIpc) is 1.88. The van der Waals surface area contributed by atoms with Crippen LogP contribution in [0.25, 0.3) is 0 Å². The summed E-state index contributed by atoms with van der Waals surface area (Å²) in [5.74, 6) is -0.0261. The lowest BCUT2D eigenvalue weighted by Gasteiger charge is -1.97. The lowest BCUT2D eigenvalue weighted by molar-refractivity contribution is 1.42. The van der Waals surface area contributed by atoms with Crippen molar-refractivity contribution in [2.45, 2.75) is 0 Å². The molecule has 3 heteroatoms. The quantitative estimate of drug-likeness (QED) is 0.465. The monoisotopic (exact) mass is 153 g/mol. The summed E-state index contributed by atoms with van der Waals surface area (Å²) < 4.78 is 0. The van der Waals surface area contributed by atoms with Gasteiger partial charge in [-0.15, -0.1) is 0 Å². The third-order valence-corrected chi connectivity index (χ3v) is 1.43. The van der Waals surface area contributed by atoms with Gasteiger partial charge < -0.3 is 5.73 Å². The Kier molecular flexibility index (Phi) is 1.92. The Morgan fingerprint density at radius 1 is 1.70 bits per heavy atom. The molecule has 0 aliphatic carbocycles. The van der Waals surface area contributed by atoms with Crippen LogP contribution in [-0.4, -0.2) is 5.84 Å². The Bertz CT molecular complexity index is 258. The number of nitrogens with one attached hydrogen (secondary N) is 1. The van der Waals surface area contributed by atoms with E-state index in [-0.39, 0.29) is 5.84 Å². The molecule has 0 aliphatic rings. The normalized spacial score (nSPS) is 9.30. The smallest absolute Gasteiger partial charge is 0.124 e. The maximum atomic E-state index is 7.05. The molecule has 0 bridgehead atoms. The number of nitrogens with two attached hydrogens (primary N) is 1. The molecule has 1 aromatic carbocycles. The zero-order valence-electron chi connectivity index (χ0n) is 5.19. The highest BCUT2D eigenvalue weighted by Gasteiger charge is 1.99. The number of rotatable bonds is 1. The highest BCUT2D eigenvalue weighted by Crippen LogP contribution is 2.12. The molecule has 0 spiro atoms. The SMILES string of the molecule is N=C(N)c1c[c]ccc1Cl. The third kappa shape index (κ3) is 1.28. The van der Waals surface area contributed by atoms with E-state index in [9.17, 15) is 0 Å². The van der Waals surface area contributed by atoms with E-state index in [0.29, 0.717) is 10.6 Å². The van der Waals surface area contributed by atoms with Gasteiger partial charge in [-0.2, -0.15) is 0 Å². The molecule has 0 atom stereocenters. The van der Waals surface area contributed by atoms with Gasteiger partial charge in [0.1, 0.15) is 5.84 Å². The Hall–Kier alpha value is -1.02. The molecule has 0 heterocycles. The minimum absolute atomic E-state index is 0.0261. The van der Waals surface area contributed by atoms with E-state index in [1.807, 2.05) is 0 Å². The van der Waals surface area contributed by atoms with Crippen molar-refractivity contribution in [2.75, 3.05) is 0 Å². The first-order valence-electron chi connectivity index (χ1n) is 2.72. The van der Waals surface area contributed by atoms with Crippen LogP contribution in [0.5, 0.6) is 0 Å². The zero-order chi connectivity index (χ0) is 7.56. The van der Waals surface area contributed by atoms with Crippen molar-refractivity contribution in [1.82, 2.24) is 0 Å². The second-order valence-corrected chi connectivity index (χ2v) is 2.23. The van der Waals surface area contributed by atoms with E-state index >= 15 is 0 Å². The molecule has 10 heavy (non-hydrogen) atoms. The zero-order valence-corrected chi connectivity index (χ0v) is 5.94. The first kappa shape index (κ1) is 7.09. The van der Waals surface area contributed by atoms with Gasteiger partial charge in [-0.05, 0) is 18.2 Å². The van der Waals surface area contributed by atoms with Crippen molar-refractivity contribution in [3.8, 4) is 0 Å². The molecule has 0 aromatic heterocycles. The Morgan fingerprint density at radius 2 is 2.40 bits per heavy atom. The fourth-order valence-electron chi connectivity index (χ4n) is 0.618. The summed E-state index contributed by atoms with van der Waals surface area (Å²) in [6, 6.07) is 7.69. The fraction of sp³-hybridized carbons (Fsp3) is 0. The number of amidine groups is 1. The second-order valence-electron chi connectivity index (χ2n) is 1.82. The molecule has 2 nitrogen and oxygen atoms in total. The highest BCUT2D eigenvalue weighted by molar-refractivity contribution is 6.33. The van der Waals surface area contributed by atoms with E-state index in [2.05, 4.69) is 6.07 Å². The van der Waals surface area contributed by atoms with Crippen LogP contribution in [0.3, 0.4) is 0 Å². The topological polar surface area (TPSA) is 49.9 Å². The summed E-state index contributed by atoms with van der Waals surface area (Å²) in [6.07, 6.45) is 0. The van der Waals surface area contributed by atoms with Gasteiger partial charge in [-0.25, -0.2) is 0 Å². The van der Waals surface area contributed by atoms with Crippen LogP contribution >= 0.6 is 11.6 Å². The van der Waals surface area contributed by atoms with Crippen molar-refractivity contribution < 1.29 is 0 Å². The number of halogens is 1. The van der Waals surface area contributed by atoms with Gasteiger partial charge in [0, 0.05) is 5.56 Å². The van der Waals surface area contributed by atoms with E-state index in [1.54, 1.807) is 18.2 Å². The molecule has 51 valence electrons. The first-order valence-corrected chi connectivity index (χ1v) is 3.09. The minimum Gasteiger partial charge on any atom is -0.384 e. The van der Waals surface area contributed by atoms with Crippen molar-refractivity contribution >= 4 is 17.4 Å². The third-order valence-electron chi connectivity index (χ3n) is 1.10. The van der Waals surface area contributed by atoms with Crippen molar-refractivity contribution in [1.29, 1.82) is 5.41 Å². The minimum atomic E-state index is -0.0261. The van der Waals surface area contributed by atoms with Gasteiger partial charge in [-0.3, -0.25) is 5.41 Å². The molecule has 1 radical (unpaired) electrons. The van der Waals surface area contributed by atoms with Crippen molar-refractivity contribution in [3.05, 3.63) is 34.9 Å². The van der Waals surface area contributed by atoms with Gasteiger partial charge in [0.2, 0.25) is 0 Å². The van der Waals surface area contributed by atoms with Crippen LogP contribution in [-0.2, 0) is 0 Å². The summed E-state index contributed by atoms with van der Waals surface area (Å²) in [4.78, 5) is 0. The predicted molar refractivity (Wildman–Crippen MR) is 41.3 cm³/mol. The Morgan fingerprint density at radius 3 is 2.80 bits per heavy atom. The molecule has 0 aliphatic heterocycles. The highest BCUT2D eigenvalue weighted by atomic mass is 35.5. The molecule has 3 N–H and O–H groups in total. The second kappa shape index (κ2) is 2.71. The van der Waals surface area contributed by atoms with E-state index < -0.39 is 0 Å². The largest absolute Gasteiger partial charge is 0.384 e. The van der Waals surface area contributed by atoms with Crippen LogP contribution in [0.15, 0.2) is 18.2 Å². The fourth-order valence-corrected chi connectivity index (χ4v) is 0.837. The lowest BCUT2D eigenvalue weighted by atomic mass is 10.2. The maximum Gasteiger partial charge on any atom is 0.124 e. The molecular formula is C7H6ClN2. The van der Waals surface area contributed by atoms with Gasteiger partial charge in [0.15, 0.2) is 0 Å². The lowest BCUT2D eigenvalue weighted by Crippen LogP contribution is -2.11. The number of benzene rings is 1. The summed E-state index contributed by atoms with van der Waals surface area (Å²) >= 11 is 5.68. The number of nitrogen functional groups attached to an aromatic ring is 1. The molecule has 0 fully saturated rings. The number of hydrogen-bond acceptors (Lipinski definition) is 1. The molecule has 0 saturated carbocycles.